The summed E-state index contributed by atoms with van der Waals surface area (Å²) in [4.78, 5) is 27.6. The summed E-state index contributed by atoms with van der Waals surface area (Å²) < 4.78 is 0.756. The lowest BCUT2D eigenvalue weighted by Gasteiger charge is -2.16. The lowest BCUT2D eigenvalue weighted by molar-refractivity contribution is 0.0991. The van der Waals surface area contributed by atoms with Gasteiger partial charge in [0, 0.05) is 22.4 Å². The van der Waals surface area contributed by atoms with Crippen molar-refractivity contribution in [2.45, 2.75) is 6.42 Å². The van der Waals surface area contributed by atoms with Crippen molar-refractivity contribution in [1.82, 2.24) is 0 Å². The Hall–Kier alpha value is -2.44. The van der Waals surface area contributed by atoms with Crippen molar-refractivity contribution in [3.8, 4) is 0 Å². The van der Waals surface area contributed by atoms with Crippen molar-refractivity contribution in [1.29, 1.82) is 0 Å². The van der Waals surface area contributed by atoms with Gasteiger partial charge in [-0.3, -0.25) is 9.59 Å². The van der Waals surface area contributed by atoms with Gasteiger partial charge < -0.3 is 10.2 Å². The largest absolute Gasteiger partial charge is 0.322 e. The summed E-state index contributed by atoms with van der Waals surface area (Å²) in [6.45, 7) is 0.660. The summed E-state index contributed by atoms with van der Waals surface area (Å²) in [5.74, 6) is -0.134. The van der Waals surface area contributed by atoms with E-state index in [-0.39, 0.29) is 11.8 Å². The molecule has 2 aromatic carbocycles. The number of nitrogens with one attached hydrogen (secondary N) is 1. The van der Waals surface area contributed by atoms with Crippen LogP contribution in [0.5, 0.6) is 0 Å². The molecule has 0 radical (unpaired) electrons. The van der Waals surface area contributed by atoms with E-state index in [2.05, 4.69) is 21.2 Å². The zero-order chi connectivity index (χ0) is 18.1. The number of thiophene rings is 1. The number of carbonyl (C=O) groups excluding carboxylic acids is 2. The first-order valence-corrected chi connectivity index (χ1v) is 9.85. The van der Waals surface area contributed by atoms with Gasteiger partial charge in [-0.05, 0) is 69.7 Å². The Kier molecular flexibility index (Phi) is 4.61. The minimum atomic E-state index is -0.165. The molecule has 0 unspecified atom stereocenters. The normalized spacial score (nSPS) is 12.7. The van der Waals surface area contributed by atoms with Crippen LogP contribution >= 0.6 is 27.3 Å². The number of carbonyl (C=O) groups is 2. The van der Waals surface area contributed by atoms with Crippen LogP contribution in [0.25, 0.3) is 0 Å². The van der Waals surface area contributed by atoms with E-state index in [0.717, 1.165) is 32.7 Å². The van der Waals surface area contributed by atoms with Gasteiger partial charge in [-0.2, -0.15) is 0 Å². The zero-order valence-electron chi connectivity index (χ0n) is 13.7. The molecule has 2 amide bonds. The first-order chi connectivity index (χ1) is 12.6. The van der Waals surface area contributed by atoms with E-state index >= 15 is 0 Å². The van der Waals surface area contributed by atoms with Crippen molar-refractivity contribution in [2.75, 3.05) is 16.8 Å². The molecular formula is C20H15BrN2O2S. The summed E-state index contributed by atoms with van der Waals surface area (Å²) >= 11 is 4.85. The highest BCUT2D eigenvalue weighted by atomic mass is 79.9. The van der Waals surface area contributed by atoms with Gasteiger partial charge in [-0.1, -0.05) is 18.2 Å². The molecule has 1 N–H and O–H groups in total. The van der Waals surface area contributed by atoms with Gasteiger partial charge in [0.2, 0.25) is 0 Å². The van der Waals surface area contributed by atoms with Crippen molar-refractivity contribution >= 4 is 50.5 Å². The smallest absolute Gasteiger partial charge is 0.268 e. The molecule has 4 nitrogen and oxygen atoms in total. The highest BCUT2D eigenvalue weighted by Crippen LogP contribution is 2.32. The summed E-state index contributed by atoms with van der Waals surface area (Å²) in [5.41, 5.74) is 3.31. The second kappa shape index (κ2) is 7.05. The molecule has 130 valence electrons. The van der Waals surface area contributed by atoms with Gasteiger partial charge in [0.15, 0.2) is 0 Å². The van der Waals surface area contributed by atoms with Gasteiger partial charge in [0.25, 0.3) is 11.8 Å². The van der Waals surface area contributed by atoms with Crippen LogP contribution in [0.4, 0.5) is 11.4 Å². The van der Waals surface area contributed by atoms with E-state index in [4.69, 9.17) is 0 Å². The number of benzene rings is 2. The maximum atomic E-state index is 12.6. The van der Waals surface area contributed by atoms with Crippen LogP contribution in [0.3, 0.4) is 0 Å². The molecule has 0 bridgehead atoms. The number of halogens is 1. The van der Waals surface area contributed by atoms with E-state index in [1.165, 1.54) is 11.3 Å². The highest BCUT2D eigenvalue weighted by molar-refractivity contribution is 9.10. The van der Waals surface area contributed by atoms with Crippen LogP contribution in [-0.2, 0) is 6.42 Å². The van der Waals surface area contributed by atoms with Gasteiger partial charge in [-0.15, -0.1) is 11.3 Å². The zero-order valence-corrected chi connectivity index (χ0v) is 16.1. The predicted molar refractivity (Wildman–Crippen MR) is 108 cm³/mol. The Morgan fingerprint density at radius 1 is 1.08 bits per heavy atom. The number of hydrogen-bond acceptors (Lipinski definition) is 3. The molecule has 4 rings (SSSR count). The lowest BCUT2D eigenvalue weighted by atomic mass is 10.1. The summed E-state index contributed by atoms with van der Waals surface area (Å²) in [6, 6.07) is 16.7. The molecule has 1 aromatic heterocycles. The molecule has 26 heavy (non-hydrogen) atoms. The number of fused-ring (bicyclic) bond motifs is 1. The Labute approximate surface area is 163 Å². The van der Waals surface area contributed by atoms with Crippen LogP contribution in [0.15, 0.2) is 64.5 Å². The summed E-state index contributed by atoms with van der Waals surface area (Å²) in [7, 11) is 0. The number of hydrogen-bond donors (Lipinski definition) is 1. The van der Waals surface area contributed by atoms with Crippen molar-refractivity contribution < 1.29 is 9.59 Å². The van der Waals surface area contributed by atoms with Gasteiger partial charge in [0.05, 0.1) is 10.4 Å². The fourth-order valence-electron chi connectivity index (χ4n) is 3.07. The Bertz CT molecular complexity index is 985. The Balaban J connectivity index is 1.54. The SMILES string of the molecule is O=C(Nc1ccc2c(c1)CCN2C(=O)c1cccs1)c1ccccc1Br. The number of rotatable bonds is 3. The molecule has 3 aromatic rings. The lowest BCUT2D eigenvalue weighted by Crippen LogP contribution is -2.28. The quantitative estimate of drug-likeness (QED) is 0.642. The van der Waals surface area contributed by atoms with E-state index in [1.54, 1.807) is 11.0 Å². The minimum Gasteiger partial charge on any atom is -0.322 e. The molecule has 2 heterocycles. The fraction of sp³-hybridized carbons (Fsp3) is 0.100. The van der Waals surface area contributed by atoms with Crippen LogP contribution < -0.4 is 10.2 Å². The van der Waals surface area contributed by atoms with Gasteiger partial charge >= 0.3 is 0 Å². The van der Waals surface area contributed by atoms with E-state index < -0.39 is 0 Å². The third-order valence-electron chi connectivity index (χ3n) is 4.33. The van der Waals surface area contributed by atoms with Gasteiger partial charge in [-0.25, -0.2) is 0 Å². The van der Waals surface area contributed by atoms with Crippen molar-refractivity contribution in [3.05, 3.63) is 80.5 Å². The topological polar surface area (TPSA) is 49.4 Å². The van der Waals surface area contributed by atoms with Crippen LogP contribution in [0.1, 0.15) is 25.6 Å². The minimum absolute atomic E-state index is 0.0313. The molecule has 0 atom stereocenters. The average Bonchev–Trinajstić information content (AvgIpc) is 3.31. The monoisotopic (exact) mass is 426 g/mol. The van der Waals surface area contributed by atoms with Crippen molar-refractivity contribution in [2.24, 2.45) is 0 Å². The maximum absolute atomic E-state index is 12.6. The second-order valence-electron chi connectivity index (χ2n) is 5.96. The summed E-state index contributed by atoms with van der Waals surface area (Å²) in [5, 5.41) is 4.84. The first kappa shape index (κ1) is 17.0. The summed E-state index contributed by atoms with van der Waals surface area (Å²) in [6.07, 6.45) is 0.783. The van der Waals surface area contributed by atoms with Crippen LogP contribution in [-0.4, -0.2) is 18.4 Å². The molecule has 0 spiro atoms. The van der Waals surface area contributed by atoms with Crippen molar-refractivity contribution in [3.63, 3.8) is 0 Å². The molecule has 6 heteroatoms. The molecule has 0 saturated carbocycles. The third kappa shape index (κ3) is 3.18. The number of nitrogens with zero attached hydrogens (tertiary/aromatic N) is 1. The van der Waals surface area contributed by atoms with E-state index in [0.29, 0.717) is 12.1 Å². The van der Waals surface area contributed by atoms with E-state index in [1.807, 2.05) is 53.9 Å². The number of anilines is 2. The maximum Gasteiger partial charge on any atom is 0.268 e. The highest BCUT2D eigenvalue weighted by Gasteiger charge is 2.26. The molecule has 0 fully saturated rings. The van der Waals surface area contributed by atoms with Gasteiger partial charge in [0.1, 0.15) is 0 Å². The standard InChI is InChI=1S/C20H15BrN2O2S/c21-16-5-2-1-4-15(16)19(24)22-14-7-8-17-13(12-14)9-10-23(17)20(25)18-6-3-11-26-18/h1-8,11-12H,9-10H2,(H,22,24). The second-order valence-corrected chi connectivity index (χ2v) is 7.76. The molecular weight excluding hydrogens is 412 g/mol. The average molecular weight is 427 g/mol. The Morgan fingerprint density at radius 3 is 2.69 bits per heavy atom. The Morgan fingerprint density at radius 2 is 1.92 bits per heavy atom. The number of amides is 2. The predicted octanol–water partition coefficient (Wildman–Crippen LogP) is 4.97. The van der Waals surface area contributed by atoms with Crippen LogP contribution in [0.2, 0.25) is 0 Å². The molecule has 1 aliphatic heterocycles. The molecule has 0 saturated heterocycles. The molecule has 0 aliphatic carbocycles. The molecule has 1 aliphatic rings. The first-order valence-electron chi connectivity index (χ1n) is 8.17. The third-order valence-corrected chi connectivity index (χ3v) is 5.88. The van der Waals surface area contributed by atoms with Crippen LogP contribution in [0, 0.1) is 0 Å². The van der Waals surface area contributed by atoms with E-state index in [9.17, 15) is 9.59 Å². The fourth-order valence-corrected chi connectivity index (χ4v) is 4.20.